The van der Waals surface area contributed by atoms with Crippen LogP contribution in [0, 0.1) is 5.82 Å². The lowest BCUT2D eigenvalue weighted by atomic mass is 9.88. The quantitative estimate of drug-likeness (QED) is 0.744. The predicted octanol–water partition coefficient (Wildman–Crippen LogP) is 4.87. The summed E-state index contributed by atoms with van der Waals surface area (Å²) in [5.41, 5.74) is 1.12. The van der Waals surface area contributed by atoms with Crippen molar-refractivity contribution in [2.24, 2.45) is 0 Å². The number of benzene rings is 2. The van der Waals surface area contributed by atoms with E-state index in [9.17, 15) is 14.0 Å². The van der Waals surface area contributed by atoms with Gasteiger partial charge >= 0.3 is 0 Å². The maximum Gasteiger partial charge on any atom is 0.238 e. The zero-order valence-electron chi connectivity index (χ0n) is 15.1. The SMILES string of the molecule is O=C(CC1Sc2ccc(Cl)cc2NC1=O)NC1(c2ccc(F)cc2)CCCC1. The number of rotatable bonds is 4. The van der Waals surface area contributed by atoms with Gasteiger partial charge in [-0.3, -0.25) is 9.59 Å². The van der Waals surface area contributed by atoms with Crippen LogP contribution in [0.5, 0.6) is 0 Å². The molecule has 2 N–H and O–H groups in total. The zero-order valence-corrected chi connectivity index (χ0v) is 16.7. The van der Waals surface area contributed by atoms with Crippen molar-refractivity contribution in [3.63, 3.8) is 0 Å². The Hall–Kier alpha value is -2.05. The van der Waals surface area contributed by atoms with E-state index in [0.29, 0.717) is 10.7 Å². The highest BCUT2D eigenvalue weighted by Gasteiger charge is 2.38. The van der Waals surface area contributed by atoms with Gasteiger partial charge in [-0.2, -0.15) is 0 Å². The Kier molecular flexibility index (Phi) is 5.34. The van der Waals surface area contributed by atoms with Crippen LogP contribution in [0.4, 0.5) is 10.1 Å². The first-order valence-electron chi connectivity index (χ1n) is 9.29. The Bertz CT molecular complexity index is 913. The van der Waals surface area contributed by atoms with E-state index in [1.165, 1.54) is 23.9 Å². The zero-order chi connectivity index (χ0) is 19.7. The van der Waals surface area contributed by atoms with Gasteiger partial charge in [0.2, 0.25) is 11.8 Å². The van der Waals surface area contributed by atoms with Crippen LogP contribution in [-0.4, -0.2) is 17.1 Å². The van der Waals surface area contributed by atoms with E-state index in [1.807, 2.05) is 6.07 Å². The minimum Gasteiger partial charge on any atom is -0.347 e. The van der Waals surface area contributed by atoms with Gasteiger partial charge in [-0.15, -0.1) is 11.8 Å². The lowest BCUT2D eigenvalue weighted by Crippen LogP contribution is -2.45. The predicted molar refractivity (Wildman–Crippen MR) is 109 cm³/mol. The van der Waals surface area contributed by atoms with Crippen LogP contribution in [0.15, 0.2) is 47.4 Å². The van der Waals surface area contributed by atoms with Gasteiger partial charge in [-0.05, 0) is 48.7 Å². The fourth-order valence-electron chi connectivity index (χ4n) is 3.98. The summed E-state index contributed by atoms with van der Waals surface area (Å²) >= 11 is 7.35. The molecule has 146 valence electrons. The Morgan fingerprint density at radius 2 is 1.93 bits per heavy atom. The molecule has 28 heavy (non-hydrogen) atoms. The Labute approximate surface area is 172 Å². The normalized spacial score (nSPS) is 20.4. The lowest BCUT2D eigenvalue weighted by Gasteiger charge is -2.32. The van der Waals surface area contributed by atoms with Crippen molar-refractivity contribution in [2.75, 3.05) is 5.32 Å². The number of thioether (sulfide) groups is 1. The largest absolute Gasteiger partial charge is 0.347 e. The number of carbonyl (C=O) groups is 2. The minimum atomic E-state index is -0.500. The summed E-state index contributed by atoms with van der Waals surface area (Å²) in [6, 6.07) is 11.7. The summed E-state index contributed by atoms with van der Waals surface area (Å²) < 4.78 is 13.3. The highest BCUT2D eigenvalue weighted by Crippen LogP contribution is 2.41. The molecule has 2 aromatic carbocycles. The van der Waals surface area contributed by atoms with E-state index in [-0.39, 0.29) is 24.1 Å². The number of nitrogens with one attached hydrogen (secondary N) is 2. The fraction of sp³-hybridized carbons (Fsp3) is 0.333. The van der Waals surface area contributed by atoms with Crippen LogP contribution in [0.3, 0.4) is 0 Å². The average molecular weight is 419 g/mol. The molecule has 1 heterocycles. The van der Waals surface area contributed by atoms with Gasteiger partial charge in [0.1, 0.15) is 5.82 Å². The van der Waals surface area contributed by atoms with Gasteiger partial charge in [-0.1, -0.05) is 36.6 Å². The van der Waals surface area contributed by atoms with Crippen LogP contribution in [0.1, 0.15) is 37.7 Å². The average Bonchev–Trinajstić information content (AvgIpc) is 3.12. The van der Waals surface area contributed by atoms with Crippen LogP contribution in [0.25, 0.3) is 0 Å². The maximum atomic E-state index is 13.3. The second-order valence-electron chi connectivity index (χ2n) is 7.28. The molecule has 0 radical (unpaired) electrons. The van der Waals surface area contributed by atoms with Gasteiger partial charge in [0.15, 0.2) is 0 Å². The van der Waals surface area contributed by atoms with E-state index in [1.54, 1.807) is 24.3 Å². The molecular weight excluding hydrogens is 399 g/mol. The summed E-state index contributed by atoms with van der Waals surface area (Å²) in [7, 11) is 0. The van der Waals surface area contributed by atoms with Crippen molar-refractivity contribution in [3.05, 3.63) is 58.9 Å². The third-order valence-electron chi connectivity index (χ3n) is 5.36. The number of anilines is 1. The van der Waals surface area contributed by atoms with Gasteiger partial charge in [0.05, 0.1) is 16.5 Å². The molecular formula is C21H20ClFN2O2S. The van der Waals surface area contributed by atoms with Crippen molar-refractivity contribution < 1.29 is 14.0 Å². The third kappa shape index (κ3) is 3.89. The Morgan fingerprint density at radius 1 is 1.21 bits per heavy atom. The maximum absolute atomic E-state index is 13.3. The molecule has 0 bridgehead atoms. The number of halogens is 2. The van der Waals surface area contributed by atoms with Crippen molar-refractivity contribution in [3.8, 4) is 0 Å². The first kappa shape index (κ1) is 19.3. The third-order valence-corrected chi connectivity index (χ3v) is 6.87. The van der Waals surface area contributed by atoms with E-state index in [0.717, 1.165) is 36.1 Å². The van der Waals surface area contributed by atoms with E-state index < -0.39 is 10.8 Å². The standard InChI is InChI=1S/C21H20ClFN2O2S/c22-14-5-8-17-16(11-14)24-20(27)18(28-17)12-19(26)25-21(9-1-2-10-21)13-3-6-15(23)7-4-13/h3-8,11,18H,1-2,9-10,12H2,(H,24,27)(H,25,26). The molecule has 7 heteroatoms. The summed E-state index contributed by atoms with van der Waals surface area (Å²) in [4.78, 5) is 26.2. The van der Waals surface area contributed by atoms with Crippen LogP contribution in [-0.2, 0) is 15.1 Å². The summed E-state index contributed by atoms with van der Waals surface area (Å²) in [6.07, 6.45) is 3.72. The summed E-state index contributed by atoms with van der Waals surface area (Å²) in [6.45, 7) is 0. The Morgan fingerprint density at radius 3 is 2.64 bits per heavy atom. The smallest absolute Gasteiger partial charge is 0.238 e. The molecule has 1 atom stereocenters. The first-order valence-corrected chi connectivity index (χ1v) is 10.6. The monoisotopic (exact) mass is 418 g/mol. The van der Waals surface area contributed by atoms with Gasteiger partial charge in [0, 0.05) is 16.3 Å². The van der Waals surface area contributed by atoms with Crippen molar-refractivity contribution in [1.29, 1.82) is 0 Å². The lowest BCUT2D eigenvalue weighted by molar-refractivity contribution is -0.125. The molecule has 4 rings (SSSR count). The summed E-state index contributed by atoms with van der Waals surface area (Å²) in [5.74, 6) is -0.661. The molecule has 0 spiro atoms. The molecule has 2 amide bonds. The fourth-order valence-corrected chi connectivity index (χ4v) is 5.24. The molecule has 1 aliphatic heterocycles. The second-order valence-corrected chi connectivity index (χ2v) is 8.97. The van der Waals surface area contributed by atoms with Crippen LogP contribution >= 0.6 is 23.4 Å². The van der Waals surface area contributed by atoms with Crippen molar-refractivity contribution >= 4 is 40.9 Å². The van der Waals surface area contributed by atoms with E-state index in [2.05, 4.69) is 10.6 Å². The van der Waals surface area contributed by atoms with Crippen LogP contribution < -0.4 is 10.6 Å². The molecule has 2 aromatic rings. The molecule has 4 nitrogen and oxygen atoms in total. The van der Waals surface area contributed by atoms with Gasteiger partial charge in [-0.25, -0.2) is 4.39 Å². The first-order chi connectivity index (χ1) is 13.4. The number of carbonyl (C=O) groups excluding carboxylic acids is 2. The van der Waals surface area contributed by atoms with Crippen molar-refractivity contribution in [1.82, 2.24) is 5.32 Å². The van der Waals surface area contributed by atoms with Gasteiger partial charge in [0.25, 0.3) is 0 Å². The van der Waals surface area contributed by atoms with Crippen LogP contribution in [0.2, 0.25) is 5.02 Å². The highest BCUT2D eigenvalue weighted by molar-refractivity contribution is 8.01. The number of hydrogen-bond acceptors (Lipinski definition) is 3. The molecule has 0 saturated heterocycles. The van der Waals surface area contributed by atoms with Crippen molar-refractivity contribution in [2.45, 2.75) is 47.8 Å². The topological polar surface area (TPSA) is 58.2 Å². The molecule has 1 fully saturated rings. The van der Waals surface area contributed by atoms with E-state index >= 15 is 0 Å². The van der Waals surface area contributed by atoms with E-state index in [4.69, 9.17) is 11.6 Å². The second kappa shape index (κ2) is 7.76. The molecule has 0 aromatic heterocycles. The molecule has 1 unspecified atom stereocenters. The molecule has 1 saturated carbocycles. The molecule has 1 aliphatic carbocycles. The minimum absolute atomic E-state index is 0.0848. The number of amides is 2. The highest BCUT2D eigenvalue weighted by atomic mass is 35.5. The molecule has 2 aliphatic rings. The number of hydrogen-bond donors (Lipinski definition) is 2. The Balaban J connectivity index is 1.48. The van der Waals surface area contributed by atoms with Gasteiger partial charge < -0.3 is 10.6 Å². The number of fused-ring (bicyclic) bond motifs is 1. The summed E-state index contributed by atoms with van der Waals surface area (Å²) in [5, 5.41) is 6.04.